The first-order valence-electron chi connectivity index (χ1n) is 9.11. The van der Waals surface area contributed by atoms with Gasteiger partial charge in [-0.2, -0.15) is 0 Å². The molecule has 1 aromatic heterocycles. The van der Waals surface area contributed by atoms with Gasteiger partial charge in [0, 0.05) is 25.4 Å². The van der Waals surface area contributed by atoms with Gasteiger partial charge in [0.25, 0.3) is 0 Å². The number of fused-ring (bicyclic) bond motifs is 1. The number of amides is 2. The summed E-state index contributed by atoms with van der Waals surface area (Å²) in [6.45, 7) is 5.99. The number of anilines is 2. The molecule has 2 aromatic rings. The first-order valence-corrected chi connectivity index (χ1v) is 9.93. The van der Waals surface area contributed by atoms with E-state index >= 15 is 0 Å². The number of thiazole rings is 1. The number of nitrogens with one attached hydrogen (secondary N) is 2. The predicted molar refractivity (Wildman–Crippen MR) is 103 cm³/mol. The molecule has 8 heteroatoms. The number of hydrogen-bond acceptors (Lipinski definition) is 6. The monoisotopic (exact) mass is 376 g/mol. The molecule has 0 spiro atoms. The first-order chi connectivity index (χ1) is 12.7. The van der Waals surface area contributed by atoms with Crippen LogP contribution in [0.4, 0.5) is 15.6 Å². The van der Waals surface area contributed by atoms with Gasteiger partial charge in [-0.3, -0.25) is 0 Å². The number of benzene rings is 1. The molecule has 0 radical (unpaired) electrons. The lowest BCUT2D eigenvalue weighted by Gasteiger charge is -2.25. The third kappa shape index (κ3) is 3.92. The first kappa shape index (κ1) is 17.5. The average molecular weight is 376 g/mol. The second kappa shape index (κ2) is 7.77. The lowest BCUT2D eigenvalue weighted by atomic mass is 10.1. The van der Waals surface area contributed by atoms with E-state index < -0.39 is 0 Å². The summed E-state index contributed by atoms with van der Waals surface area (Å²) in [5.74, 6) is 0. The Kier molecular flexibility index (Phi) is 5.23. The molecular formula is C18H24N4O3S. The van der Waals surface area contributed by atoms with E-state index in [2.05, 4.69) is 15.5 Å². The van der Waals surface area contributed by atoms with E-state index in [0.717, 1.165) is 66.8 Å². The molecule has 7 nitrogen and oxygen atoms in total. The summed E-state index contributed by atoms with van der Waals surface area (Å²) < 4.78 is 12.1. The van der Waals surface area contributed by atoms with Crippen molar-refractivity contribution in [3.05, 3.63) is 18.2 Å². The summed E-state index contributed by atoms with van der Waals surface area (Å²) in [5.41, 5.74) is 1.72. The van der Waals surface area contributed by atoms with Crippen LogP contribution >= 0.6 is 11.3 Å². The topological polar surface area (TPSA) is 75.7 Å². The molecule has 0 saturated carbocycles. The summed E-state index contributed by atoms with van der Waals surface area (Å²) in [4.78, 5) is 19.2. The van der Waals surface area contributed by atoms with Crippen LogP contribution in [-0.2, 0) is 9.47 Å². The number of nitrogens with zero attached hydrogens (tertiary/aromatic N) is 2. The summed E-state index contributed by atoms with van der Waals surface area (Å²) in [7, 11) is 0. The van der Waals surface area contributed by atoms with E-state index in [1.807, 2.05) is 25.1 Å². The van der Waals surface area contributed by atoms with Crippen molar-refractivity contribution < 1.29 is 14.3 Å². The highest BCUT2D eigenvalue weighted by Gasteiger charge is 2.23. The molecule has 2 atom stereocenters. The second-order valence-electron chi connectivity index (χ2n) is 6.72. The minimum Gasteiger partial charge on any atom is -0.378 e. The van der Waals surface area contributed by atoms with E-state index in [1.54, 1.807) is 11.3 Å². The van der Waals surface area contributed by atoms with Crippen molar-refractivity contribution in [1.29, 1.82) is 0 Å². The lowest BCUT2D eigenvalue weighted by Crippen LogP contribution is -2.42. The molecule has 1 aromatic carbocycles. The number of morpholine rings is 1. The van der Waals surface area contributed by atoms with Crippen LogP contribution in [0.25, 0.3) is 10.2 Å². The summed E-state index contributed by atoms with van der Waals surface area (Å²) in [6, 6.07) is 5.62. The van der Waals surface area contributed by atoms with Crippen molar-refractivity contribution in [2.75, 3.05) is 43.1 Å². The Labute approximate surface area is 156 Å². The van der Waals surface area contributed by atoms with Gasteiger partial charge in [0.2, 0.25) is 0 Å². The van der Waals surface area contributed by atoms with Crippen LogP contribution in [0.5, 0.6) is 0 Å². The zero-order valence-corrected chi connectivity index (χ0v) is 15.7. The van der Waals surface area contributed by atoms with Crippen LogP contribution in [0, 0.1) is 0 Å². The van der Waals surface area contributed by atoms with Crippen molar-refractivity contribution in [3.8, 4) is 0 Å². The molecular weight excluding hydrogens is 352 g/mol. The van der Waals surface area contributed by atoms with Crippen molar-refractivity contribution >= 4 is 38.4 Å². The van der Waals surface area contributed by atoms with E-state index in [9.17, 15) is 4.79 Å². The second-order valence-corrected chi connectivity index (χ2v) is 7.73. The molecule has 3 heterocycles. The number of ether oxygens (including phenoxy) is 2. The van der Waals surface area contributed by atoms with Crippen molar-refractivity contribution in [2.24, 2.45) is 0 Å². The van der Waals surface area contributed by atoms with Gasteiger partial charge in [0.1, 0.15) is 0 Å². The number of carbonyl (C=O) groups is 1. The van der Waals surface area contributed by atoms with Crippen LogP contribution in [0.1, 0.15) is 19.8 Å². The Morgan fingerprint density at radius 1 is 1.35 bits per heavy atom. The van der Waals surface area contributed by atoms with Gasteiger partial charge in [0.15, 0.2) is 5.13 Å². The fourth-order valence-electron chi connectivity index (χ4n) is 3.34. The van der Waals surface area contributed by atoms with Gasteiger partial charge in [-0.15, -0.1) is 0 Å². The molecule has 2 saturated heterocycles. The van der Waals surface area contributed by atoms with Gasteiger partial charge in [-0.05, 0) is 38.0 Å². The van der Waals surface area contributed by atoms with E-state index in [-0.39, 0.29) is 18.2 Å². The van der Waals surface area contributed by atoms with Gasteiger partial charge < -0.3 is 25.0 Å². The van der Waals surface area contributed by atoms with Crippen molar-refractivity contribution in [3.63, 3.8) is 0 Å². The number of urea groups is 1. The molecule has 4 rings (SSSR count). The molecule has 2 aliphatic rings. The zero-order chi connectivity index (χ0) is 17.9. The van der Waals surface area contributed by atoms with Crippen LogP contribution < -0.4 is 15.5 Å². The smallest absolute Gasteiger partial charge is 0.319 e. The van der Waals surface area contributed by atoms with Crippen LogP contribution in [0.15, 0.2) is 18.2 Å². The molecule has 2 aliphatic heterocycles. The molecule has 2 fully saturated rings. The number of rotatable bonds is 4. The fourth-order valence-corrected chi connectivity index (χ4v) is 4.40. The average Bonchev–Trinajstić information content (AvgIpc) is 3.32. The van der Waals surface area contributed by atoms with Gasteiger partial charge in [-0.1, -0.05) is 11.3 Å². The minimum atomic E-state index is -0.203. The maximum atomic E-state index is 12.3. The highest BCUT2D eigenvalue weighted by Crippen LogP contribution is 2.31. The molecule has 2 N–H and O–H groups in total. The Balaban J connectivity index is 1.40. The third-order valence-electron chi connectivity index (χ3n) is 4.80. The van der Waals surface area contributed by atoms with Crippen molar-refractivity contribution in [2.45, 2.75) is 31.9 Å². The maximum absolute atomic E-state index is 12.3. The molecule has 0 aliphatic carbocycles. The van der Waals surface area contributed by atoms with Crippen LogP contribution in [0.3, 0.4) is 0 Å². The Morgan fingerprint density at radius 3 is 2.96 bits per heavy atom. The molecule has 0 unspecified atom stereocenters. The molecule has 26 heavy (non-hydrogen) atoms. The number of hydrogen-bond donors (Lipinski definition) is 2. The standard InChI is InChI=1S/C18H24N4O3S/c1-12(15-3-2-8-25-15)19-17(23)20-13-4-5-14-16(11-13)26-18(21-14)22-6-9-24-10-7-22/h4-5,11-12,15H,2-3,6-10H2,1H3,(H2,19,20,23)/t12-,15-/m1/s1. The van der Waals surface area contributed by atoms with E-state index in [1.165, 1.54) is 0 Å². The van der Waals surface area contributed by atoms with Gasteiger partial charge >= 0.3 is 6.03 Å². The SMILES string of the molecule is C[C@@H](NC(=O)Nc1ccc2nc(N3CCOCC3)sc2c1)[C@H]1CCCO1. The quantitative estimate of drug-likeness (QED) is 0.858. The predicted octanol–water partition coefficient (Wildman–Crippen LogP) is 2.82. The molecule has 2 amide bonds. The minimum absolute atomic E-state index is 0.00226. The molecule has 0 bridgehead atoms. The van der Waals surface area contributed by atoms with Crippen LogP contribution in [0.2, 0.25) is 0 Å². The Hall–Kier alpha value is -1.90. The zero-order valence-electron chi connectivity index (χ0n) is 14.9. The Bertz CT molecular complexity index is 769. The summed E-state index contributed by atoms with van der Waals surface area (Å²) >= 11 is 1.65. The van der Waals surface area contributed by atoms with Gasteiger partial charge in [-0.25, -0.2) is 9.78 Å². The highest BCUT2D eigenvalue weighted by atomic mass is 32.1. The fraction of sp³-hybridized carbons (Fsp3) is 0.556. The normalized spacial score (nSPS) is 21.7. The number of aromatic nitrogens is 1. The Morgan fingerprint density at radius 2 is 2.19 bits per heavy atom. The maximum Gasteiger partial charge on any atom is 0.319 e. The summed E-state index contributed by atoms with van der Waals surface area (Å²) in [5, 5.41) is 6.89. The molecule has 140 valence electrons. The third-order valence-corrected chi connectivity index (χ3v) is 5.88. The summed E-state index contributed by atoms with van der Waals surface area (Å²) in [6.07, 6.45) is 2.17. The number of carbonyl (C=O) groups excluding carboxylic acids is 1. The van der Waals surface area contributed by atoms with Gasteiger partial charge in [0.05, 0.1) is 35.6 Å². The van der Waals surface area contributed by atoms with Crippen molar-refractivity contribution in [1.82, 2.24) is 10.3 Å². The largest absolute Gasteiger partial charge is 0.378 e. The van der Waals surface area contributed by atoms with E-state index in [0.29, 0.717) is 0 Å². The highest BCUT2D eigenvalue weighted by molar-refractivity contribution is 7.22. The van der Waals surface area contributed by atoms with Crippen LogP contribution in [-0.4, -0.2) is 56.1 Å². The van der Waals surface area contributed by atoms with E-state index in [4.69, 9.17) is 14.5 Å². The lowest BCUT2D eigenvalue weighted by molar-refractivity contribution is 0.0868.